The van der Waals surface area contributed by atoms with Crippen molar-refractivity contribution >= 4 is 10.9 Å². The number of aliphatic hydroxyl groups is 3. The predicted molar refractivity (Wildman–Crippen MR) is 61.1 cm³/mol. The molecule has 1 aromatic carbocycles. The molecule has 0 radical (unpaired) electrons. The summed E-state index contributed by atoms with van der Waals surface area (Å²) in [6.07, 6.45) is 0.113. The number of aromatic amines is 1. The van der Waals surface area contributed by atoms with Crippen LogP contribution >= 0.6 is 0 Å². The Labute approximate surface area is 93.2 Å². The van der Waals surface area contributed by atoms with Gasteiger partial charge in [0.1, 0.15) is 6.10 Å². The first-order chi connectivity index (χ1) is 7.72. The molecule has 0 unspecified atom stereocenters. The molecule has 2 aromatic rings. The Hall–Kier alpha value is -1.36. The molecule has 0 spiro atoms. The van der Waals surface area contributed by atoms with Crippen LogP contribution in [0.3, 0.4) is 0 Å². The van der Waals surface area contributed by atoms with Crippen LogP contribution in [0.1, 0.15) is 5.56 Å². The molecule has 0 saturated carbocycles. The minimum absolute atomic E-state index is 0.325. The summed E-state index contributed by atoms with van der Waals surface area (Å²) in [4.78, 5) is 3.10. The molecule has 86 valence electrons. The van der Waals surface area contributed by atoms with E-state index in [9.17, 15) is 10.2 Å². The molecule has 4 nitrogen and oxygen atoms in total. The Kier molecular flexibility index (Phi) is 3.24. The molecule has 16 heavy (non-hydrogen) atoms. The Morgan fingerprint density at radius 1 is 1.12 bits per heavy atom. The molecular formula is C12H15NO3. The van der Waals surface area contributed by atoms with E-state index in [1.165, 1.54) is 0 Å². The quantitative estimate of drug-likeness (QED) is 0.604. The molecule has 0 fully saturated rings. The molecule has 4 N–H and O–H groups in total. The summed E-state index contributed by atoms with van der Waals surface area (Å²) >= 11 is 0. The van der Waals surface area contributed by atoms with Gasteiger partial charge < -0.3 is 20.3 Å². The minimum atomic E-state index is -1.09. The van der Waals surface area contributed by atoms with Crippen LogP contribution in [0.15, 0.2) is 30.5 Å². The Bertz CT molecular complexity index is 466. The lowest BCUT2D eigenvalue weighted by atomic mass is 10.0. The maximum Gasteiger partial charge on any atom is 0.103 e. The number of hydrogen-bond donors (Lipinski definition) is 4. The van der Waals surface area contributed by atoms with E-state index < -0.39 is 18.8 Å². The van der Waals surface area contributed by atoms with Crippen molar-refractivity contribution in [3.63, 3.8) is 0 Å². The first-order valence-corrected chi connectivity index (χ1v) is 5.24. The zero-order valence-electron chi connectivity index (χ0n) is 8.80. The lowest BCUT2D eigenvalue weighted by molar-refractivity contribution is -0.0131. The summed E-state index contributed by atoms with van der Waals surface area (Å²) in [5.41, 5.74) is 1.94. The van der Waals surface area contributed by atoms with Crippen LogP contribution in [-0.4, -0.2) is 39.1 Å². The number of para-hydroxylation sites is 1. The minimum Gasteiger partial charge on any atom is -0.394 e. The second-order valence-electron chi connectivity index (χ2n) is 3.88. The van der Waals surface area contributed by atoms with Crippen LogP contribution in [0.25, 0.3) is 10.9 Å². The van der Waals surface area contributed by atoms with Gasteiger partial charge in [0.25, 0.3) is 0 Å². The van der Waals surface area contributed by atoms with Crippen LogP contribution in [-0.2, 0) is 6.42 Å². The predicted octanol–water partition coefficient (Wildman–Crippen LogP) is 0.424. The molecule has 0 saturated heterocycles. The van der Waals surface area contributed by atoms with E-state index in [0.29, 0.717) is 6.42 Å². The third-order valence-electron chi connectivity index (χ3n) is 2.74. The fraction of sp³-hybridized carbons (Fsp3) is 0.333. The third-order valence-corrected chi connectivity index (χ3v) is 2.74. The van der Waals surface area contributed by atoms with Crippen molar-refractivity contribution < 1.29 is 15.3 Å². The average molecular weight is 221 g/mol. The van der Waals surface area contributed by atoms with Gasteiger partial charge in [-0.1, -0.05) is 18.2 Å². The molecule has 0 aliphatic rings. The number of hydrogen-bond acceptors (Lipinski definition) is 3. The van der Waals surface area contributed by atoms with Gasteiger partial charge in [-0.25, -0.2) is 0 Å². The molecule has 0 bridgehead atoms. The Morgan fingerprint density at radius 3 is 2.62 bits per heavy atom. The number of benzene rings is 1. The molecule has 0 aliphatic heterocycles. The molecular weight excluding hydrogens is 206 g/mol. The highest BCUT2D eigenvalue weighted by molar-refractivity contribution is 5.83. The summed E-state index contributed by atoms with van der Waals surface area (Å²) < 4.78 is 0. The van der Waals surface area contributed by atoms with Gasteiger partial charge in [0.15, 0.2) is 0 Å². The third kappa shape index (κ3) is 2.09. The normalized spacial score (nSPS) is 15.2. The zero-order valence-corrected chi connectivity index (χ0v) is 8.80. The number of H-pyrrole nitrogens is 1. The number of aliphatic hydroxyl groups excluding tert-OH is 3. The van der Waals surface area contributed by atoms with Gasteiger partial charge in [-0.15, -0.1) is 0 Å². The van der Waals surface area contributed by atoms with Gasteiger partial charge in [-0.05, 0) is 11.6 Å². The lowest BCUT2D eigenvalue weighted by Gasteiger charge is -2.14. The number of fused-ring (bicyclic) bond motifs is 1. The molecule has 1 aromatic heterocycles. The molecule has 4 heteroatoms. The Morgan fingerprint density at radius 2 is 1.88 bits per heavy atom. The smallest absolute Gasteiger partial charge is 0.103 e. The van der Waals surface area contributed by atoms with E-state index in [-0.39, 0.29) is 0 Å². The van der Waals surface area contributed by atoms with Gasteiger partial charge in [-0.3, -0.25) is 0 Å². The summed E-state index contributed by atoms with van der Waals surface area (Å²) in [6.45, 7) is -0.427. The van der Waals surface area contributed by atoms with Gasteiger partial charge >= 0.3 is 0 Å². The van der Waals surface area contributed by atoms with E-state index >= 15 is 0 Å². The van der Waals surface area contributed by atoms with E-state index in [4.69, 9.17) is 5.11 Å². The molecule has 0 aliphatic carbocycles. The fourth-order valence-corrected chi connectivity index (χ4v) is 1.78. The maximum absolute atomic E-state index is 9.63. The van der Waals surface area contributed by atoms with E-state index in [0.717, 1.165) is 16.5 Å². The highest BCUT2D eigenvalue weighted by Crippen LogP contribution is 2.19. The summed E-state index contributed by atoms with van der Waals surface area (Å²) in [5.74, 6) is 0. The van der Waals surface area contributed by atoms with Crippen LogP contribution < -0.4 is 0 Å². The highest BCUT2D eigenvalue weighted by Gasteiger charge is 2.17. The SMILES string of the molecule is OC[C@H](O)[C@@H](O)Cc1c[nH]c2ccccc12. The van der Waals surface area contributed by atoms with E-state index in [2.05, 4.69) is 4.98 Å². The van der Waals surface area contributed by atoms with Crippen molar-refractivity contribution in [3.05, 3.63) is 36.0 Å². The molecule has 2 atom stereocenters. The van der Waals surface area contributed by atoms with Crippen molar-refractivity contribution in [2.75, 3.05) is 6.61 Å². The van der Waals surface area contributed by atoms with Crippen LogP contribution in [0, 0.1) is 0 Å². The van der Waals surface area contributed by atoms with Crippen molar-refractivity contribution in [3.8, 4) is 0 Å². The van der Waals surface area contributed by atoms with Crippen molar-refractivity contribution in [2.45, 2.75) is 18.6 Å². The monoisotopic (exact) mass is 221 g/mol. The highest BCUT2D eigenvalue weighted by atomic mass is 16.4. The first kappa shape index (κ1) is 11.1. The summed E-state index contributed by atoms with van der Waals surface area (Å²) in [7, 11) is 0. The summed E-state index contributed by atoms with van der Waals surface area (Å²) in [6, 6.07) is 7.77. The fourth-order valence-electron chi connectivity index (χ4n) is 1.78. The number of nitrogens with one attached hydrogen (secondary N) is 1. The van der Waals surface area contributed by atoms with E-state index in [1.807, 2.05) is 30.5 Å². The van der Waals surface area contributed by atoms with Gasteiger partial charge in [-0.2, -0.15) is 0 Å². The van der Waals surface area contributed by atoms with Crippen LogP contribution in [0.5, 0.6) is 0 Å². The summed E-state index contributed by atoms with van der Waals surface area (Å²) in [5, 5.41) is 28.7. The molecule has 2 rings (SSSR count). The Balaban J connectivity index is 2.21. The molecule has 0 amide bonds. The second-order valence-corrected chi connectivity index (χ2v) is 3.88. The van der Waals surface area contributed by atoms with Crippen molar-refractivity contribution in [2.24, 2.45) is 0 Å². The molecule has 1 heterocycles. The number of aromatic nitrogens is 1. The standard InChI is InChI=1S/C12H15NO3/c14-7-12(16)11(15)5-8-6-13-10-4-2-1-3-9(8)10/h1-4,6,11-16H,5,7H2/t11-,12-/m0/s1. The van der Waals surface area contributed by atoms with Gasteiger partial charge in [0.2, 0.25) is 0 Å². The first-order valence-electron chi connectivity index (χ1n) is 5.24. The lowest BCUT2D eigenvalue weighted by Crippen LogP contribution is -2.30. The second kappa shape index (κ2) is 4.65. The van der Waals surface area contributed by atoms with Gasteiger partial charge in [0, 0.05) is 23.5 Å². The van der Waals surface area contributed by atoms with E-state index in [1.54, 1.807) is 0 Å². The van der Waals surface area contributed by atoms with Crippen LogP contribution in [0.2, 0.25) is 0 Å². The average Bonchev–Trinajstić information content (AvgIpc) is 2.72. The maximum atomic E-state index is 9.63. The zero-order chi connectivity index (χ0) is 11.5. The van der Waals surface area contributed by atoms with Gasteiger partial charge in [0.05, 0.1) is 12.7 Å². The van der Waals surface area contributed by atoms with Crippen molar-refractivity contribution in [1.29, 1.82) is 0 Å². The van der Waals surface area contributed by atoms with Crippen LogP contribution in [0.4, 0.5) is 0 Å². The van der Waals surface area contributed by atoms with Crippen molar-refractivity contribution in [1.82, 2.24) is 4.98 Å². The number of rotatable bonds is 4. The largest absolute Gasteiger partial charge is 0.394 e. The topological polar surface area (TPSA) is 76.5 Å².